The summed E-state index contributed by atoms with van der Waals surface area (Å²) in [6.07, 6.45) is 0.227. The minimum absolute atomic E-state index is 0.227. The van der Waals surface area contributed by atoms with Crippen molar-refractivity contribution in [1.29, 1.82) is 5.26 Å². The molecule has 4 rings (SSSR count). The van der Waals surface area contributed by atoms with Crippen LogP contribution >= 0.6 is 0 Å². The zero-order valence-electron chi connectivity index (χ0n) is 18.4. The van der Waals surface area contributed by atoms with E-state index in [-0.39, 0.29) is 24.8 Å². The number of anilines is 1. The lowest BCUT2D eigenvalue weighted by atomic mass is 10.1. The molecule has 0 fully saturated rings. The predicted molar refractivity (Wildman–Crippen MR) is 126 cm³/mol. The molecule has 1 aliphatic rings. The van der Waals surface area contributed by atoms with Crippen molar-refractivity contribution in [2.45, 2.75) is 29.7 Å². The molecule has 0 N–H and O–H groups in total. The van der Waals surface area contributed by atoms with Crippen molar-refractivity contribution in [2.24, 2.45) is 0 Å². The van der Waals surface area contributed by atoms with E-state index in [0.717, 1.165) is 11.1 Å². The van der Waals surface area contributed by atoms with E-state index in [9.17, 15) is 13.8 Å². The van der Waals surface area contributed by atoms with Gasteiger partial charge in [-0.25, -0.2) is 4.21 Å². The van der Waals surface area contributed by atoms with E-state index in [1.165, 1.54) is 4.90 Å². The summed E-state index contributed by atoms with van der Waals surface area (Å²) < 4.78 is 13.5. The Morgan fingerprint density at radius 1 is 1.06 bits per heavy atom. The fraction of sp³-hybridized carbons (Fsp3) is 0.192. The van der Waals surface area contributed by atoms with Gasteiger partial charge in [0.1, 0.15) is 0 Å². The minimum Gasteiger partial charge on any atom is -0.341 e. The maximum absolute atomic E-state index is 13.7. The monoisotopic (exact) mass is 457 g/mol. The third-order valence-corrected chi connectivity index (χ3v) is 7.25. The van der Waals surface area contributed by atoms with Crippen LogP contribution in [-0.2, 0) is 17.3 Å². The lowest BCUT2D eigenvalue weighted by Crippen LogP contribution is -2.31. The highest BCUT2D eigenvalue weighted by molar-refractivity contribution is 7.85. The van der Waals surface area contributed by atoms with Crippen molar-refractivity contribution in [1.82, 2.24) is 4.90 Å². The van der Waals surface area contributed by atoms with Gasteiger partial charge in [0.25, 0.3) is 11.8 Å². The van der Waals surface area contributed by atoms with Gasteiger partial charge < -0.3 is 9.80 Å². The fourth-order valence-electron chi connectivity index (χ4n) is 3.85. The molecule has 0 saturated carbocycles. The smallest absolute Gasteiger partial charge is 0.259 e. The highest BCUT2D eigenvalue weighted by atomic mass is 32.2. The topological polar surface area (TPSA) is 81.5 Å². The van der Waals surface area contributed by atoms with E-state index in [1.54, 1.807) is 54.4 Å². The highest BCUT2D eigenvalue weighted by Gasteiger charge is 2.32. The number of benzene rings is 3. The molecule has 0 aromatic heterocycles. The number of aryl methyl sites for hydroxylation is 1. The van der Waals surface area contributed by atoms with E-state index >= 15 is 0 Å². The van der Waals surface area contributed by atoms with Crippen molar-refractivity contribution in [3.63, 3.8) is 0 Å². The molecule has 1 heterocycles. The normalized spacial score (nSPS) is 14.6. The second-order valence-corrected chi connectivity index (χ2v) is 9.32. The molecule has 1 aliphatic heterocycles. The van der Waals surface area contributed by atoms with Crippen LogP contribution in [0.2, 0.25) is 0 Å². The number of nitriles is 1. The Morgan fingerprint density at radius 2 is 1.79 bits per heavy atom. The summed E-state index contributed by atoms with van der Waals surface area (Å²) in [5.41, 5.74) is 3.22. The zero-order chi connectivity index (χ0) is 23.5. The van der Waals surface area contributed by atoms with Gasteiger partial charge in [0, 0.05) is 19.2 Å². The number of carbonyl (C=O) groups excluding carboxylic acids is 2. The number of nitrogens with zero attached hydrogens (tertiary/aromatic N) is 3. The molecular formula is C26H23N3O3S. The quantitative estimate of drug-likeness (QED) is 0.572. The number of hydrogen-bond donors (Lipinski definition) is 0. The van der Waals surface area contributed by atoms with Crippen molar-refractivity contribution in [2.75, 3.05) is 18.5 Å². The number of rotatable bonds is 5. The molecule has 166 valence electrons. The molecule has 3 aromatic carbocycles. The molecule has 1 atom stereocenters. The van der Waals surface area contributed by atoms with Crippen LogP contribution in [0.15, 0.2) is 76.5 Å². The Hall–Kier alpha value is -3.76. The molecule has 0 radical (unpaired) electrons. The lowest BCUT2D eigenvalue weighted by molar-refractivity contribution is 0.0797. The molecule has 0 spiro atoms. The van der Waals surface area contributed by atoms with E-state index in [0.29, 0.717) is 33.2 Å². The van der Waals surface area contributed by atoms with Crippen LogP contribution in [0, 0.1) is 18.3 Å². The van der Waals surface area contributed by atoms with Crippen LogP contribution in [0.4, 0.5) is 5.69 Å². The Morgan fingerprint density at radius 3 is 2.55 bits per heavy atom. The molecule has 0 unspecified atom stereocenters. The second-order valence-electron chi connectivity index (χ2n) is 7.90. The first kappa shape index (κ1) is 22.4. The average molecular weight is 458 g/mol. The van der Waals surface area contributed by atoms with Crippen LogP contribution < -0.4 is 4.90 Å². The van der Waals surface area contributed by atoms with E-state index in [4.69, 9.17) is 5.26 Å². The molecular weight excluding hydrogens is 434 g/mol. The third-order valence-electron chi connectivity index (χ3n) is 5.75. The van der Waals surface area contributed by atoms with Crippen LogP contribution in [-0.4, -0.2) is 34.5 Å². The van der Waals surface area contributed by atoms with Gasteiger partial charge in [-0.2, -0.15) is 5.26 Å². The van der Waals surface area contributed by atoms with E-state index in [2.05, 4.69) is 0 Å². The van der Waals surface area contributed by atoms with Crippen molar-refractivity contribution in [3.8, 4) is 6.07 Å². The van der Waals surface area contributed by atoms with Crippen molar-refractivity contribution >= 4 is 28.3 Å². The van der Waals surface area contributed by atoms with Gasteiger partial charge in [-0.3, -0.25) is 9.59 Å². The summed E-state index contributed by atoms with van der Waals surface area (Å²) in [5.74, 6) is -0.521. The maximum atomic E-state index is 13.7. The standard InChI is InChI=1S/C26H23N3O3S/c1-18-8-3-4-9-20(18)17-29-22-16-19(25(30)28(2)15-7-14-27)12-13-24(22)33(32)23-11-6-5-10-21(23)26(29)31/h3-6,8-13,16H,7,15,17H2,1-2H3/t33-/m1/s1. The summed E-state index contributed by atoms with van der Waals surface area (Å²) in [5, 5.41) is 8.83. The first-order valence-corrected chi connectivity index (χ1v) is 11.7. The largest absolute Gasteiger partial charge is 0.341 e. The maximum Gasteiger partial charge on any atom is 0.259 e. The Labute approximate surface area is 195 Å². The van der Waals surface area contributed by atoms with Gasteiger partial charge in [0.05, 0.1) is 50.9 Å². The van der Waals surface area contributed by atoms with E-state index < -0.39 is 10.8 Å². The van der Waals surface area contributed by atoms with Crippen LogP contribution in [0.5, 0.6) is 0 Å². The minimum atomic E-state index is -1.58. The first-order valence-electron chi connectivity index (χ1n) is 10.6. The molecule has 3 aromatic rings. The predicted octanol–water partition coefficient (Wildman–Crippen LogP) is 4.31. The van der Waals surface area contributed by atoms with E-state index in [1.807, 2.05) is 37.3 Å². The fourth-order valence-corrected chi connectivity index (χ4v) is 5.20. The summed E-state index contributed by atoms with van der Waals surface area (Å²) in [6.45, 7) is 2.57. The molecule has 0 aliphatic carbocycles. The number of fused-ring (bicyclic) bond motifs is 2. The highest BCUT2D eigenvalue weighted by Crippen LogP contribution is 2.36. The molecule has 7 heteroatoms. The second kappa shape index (κ2) is 9.39. The average Bonchev–Trinajstić information content (AvgIpc) is 2.92. The van der Waals surface area contributed by atoms with Gasteiger partial charge in [0.15, 0.2) is 0 Å². The van der Waals surface area contributed by atoms with Crippen molar-refractivity contribution < 1.29 is 13.8 Å². The Bertz CT molecular complexity index is 1310. The summed E-state index contributed by atoms with van der Waals surface area (Å²) in [7, 11) is 0.0549. The molecule has 0 saturated heterocycles. The molecule has 33 heavy (non-hydrogen) atoms. The van der Waals surface area contributed by atoms with Gasteiger partial charge in [0.2, 0.25) is 0 Å². The van der Waals surface area contributed by atoms with Crippen LogP contribution in [0.3, 0.4) is 0 Å². The van der Waals surface area contributed by atoms with Crippen LogP contribution in [0.1, 0.15) is 38.3 Å². The molecule has 2 amide bonds. The zero-order valence-corrected chi connectivity index (χ0v) is 19.3. The Kier molecular flexibility index (Phi) is 6.38. The molecule has 6 nitrogen and oxygen atoms in total. The summed E-state index contributed by atoms with van der Waals surface area (Å²) >= 11 is 0. The SMILES string of the molecule is Cc1ccccc1CN1C(=O)c2ccccc2[S@@](=O)c2ccc(C(=O)N(C)CCC#N)cc21. The summed E-state index contributed by atoms with van der Waals surface area (Å²) in [6, 6.07) is 21.7. The number of carbonyl (C=O) groups is 2. The number of hydrogen-bond acceptors (Lipinski definition) is 4. The lowest BCUT2D eigenvalue weighted by Gasteiger charge is -2.25. The van der Waals surface area contributed by atoms with Gasteiger partial charge >= 0.3 is 0 Å². The Balaban J connectivity index is 1.85. The van der Waals surface area contributed by atoms with Crippen LogP contribution in [0.25, 0.3) is 0 Å². The first-order chi connectivity index (χ1) is 15.9. The third kappa shape index (κ3) is 4.30. The molecule has 0 bridgehead atoms. The number of amides is 2. The van der Waals surface area contributed by atoms with Crippen molar-refractivity contribution in [3.05, 3.63) is 89.0 Å². The van der Waals surface area contributed by atoms with Gasteiger partial charge in [-0.05, 0) is 48.4 Å². The summed E-state index contributed by atoms with van der Waals surface area (Å²) in [4.78, 5) is 30.7. The van der Waals surface area contributed by atoms with Gasteiger partial charge in [-0.15, -0.1) is 0 Å². The van der Waals surface area contributed by atoms with Gasteiger partial charge in [-0.1, -0.05) is 36.4 Å².